The predicted molar refractivity (Wildman–Crippen MR) is 133 cm³/mol. The Kier molecular flexibility index (Phi) is 5.91. The zero-order valence-corrected chi connectivity index (χ0v) is 20.5. The van der Waals surface area contributed by atoms with Gasteiger partial charge in [-0.05, 0) is 57.0 Å². The van der Waals surface area contributed by atoms with E-state index < -0.39 is 0 Å². The van der Waals surface area contributed by atoms with Crippen molar-refractivity contribution in [3.05, 3.63) is 63.9 Å². The monoisotopic (exact) mass is 477 g/mol. The molecule has 1 amide bonds. The molecule has 0 N–H and O–H groups in total. The SMILES string of the molecule is Cc1ccc(C)c(-n2c(=O)c3ccccc3n3c(SCC(=O)N4CC(C)OC(C)C4)nnc23)c1. The summed E-state index contributed by atoms with van der Waals surface area (Å²) in [5.41, 5.74) is 3.36. The molecule has 34 heavy (non-hydrogen) atoms. The third kappa shape index (κ3) is 3.99. The summed E-state index contributed by atoms with van der Waals surface area (Å²) in [6.07, 6.45) is 0.0325. The largest absolute Gasteiger partial charge is 0.372 e. The summed E-state index contributed by atoms with van der Waals surface area (Å²) in [4.78, 5) is 28.3. The van der Waals surface area contributed by atoms with E-state index in [2.05, 4.69) is 10.2 Å². The third-order valence-corrected chi connectivity index (χ3v) is 7.01. The molecule has 0 saturated carbocycles. The van der Waals surface area contributed by atoms with Crippen LogP contribution in [0.3, 0.4) is 0 Å². The average molecular weight is 478 g/mol. The van der Waals surface area contributed by atoms with Gasteiger partial charge < -0.3 is 9.64 Å². The summed E-state index contributed by atoms with van der Waals surface area (Å²) < 4.78 is 9.24. The van der Waals surface area contributed by atoms with Gasteiger partial charge in [-0.1, -0.05) is 36.0 Å². The van der Waals surface area contributed by atoms with Crippen molar-refractivity contribution in [1.29, 1.82) is 0 Å². The highest BCUT2D eigenvalue weighted by Gasteiger charge is 2.26. The number of benzene rings is 2. The number of rotatable bonds is 4. The zero-order chi connectivity index (χ0) is 24.0. The number of morpholine rings is 1. The summed E-state index contributed by atoms with van der Waals surface area (Å²) in [6, 6.07) is 13.4. The minimum absolute atomic E-state index is 0.0163. The van der Waals surface area contributed by atoms with E-state index in [0.29, 0.717) is 29.4 Å². The fraction of sp³-hybridized carbons (Fsp3) is 0.360. The van der Waals surface area contributed by atoms with Gasteiger partial charge in [0.1, 0.15) is 0 Å². The van der Waals surface area contributed by atoms with Gasteiger partial charge in [-0.25, -0.2) is 4.57 Å². The number of hydrogen-bond acceptors (Lipinski definition) is 6. The molecule has 0 aliphatic carbocycles. The second kappa shape index (κ2) is 8.88. The van der Waals surface area contributed by atoms with E-state index in [1.807, 2.05) is 79.5 Å². The number of carbonyl (C=O) groups is 1. The molecule has 9 heteroatoms. The molecular weight excluding hydrogens is 450 g/mol. The molecule has 5 rings (SSSR count). The highest BCUT2D eigenvalue weighted by Crippen LogP contribution is 2.25. The molecule has 1 fully saturated rings. The number of ether oxygens (including phenoxy) is 1. The lowest BCUT2D eigenvalue weighted by molar-refractivity contribution is -0.140. The average Bonchev–Trinajstić information content (AvgIpc) is 3.23. The second-order valence-electron chi connectivity index (χ2n) is 8.91. The lowest BCUT2D eigenvalue weighted by Gasteiger charge is -2.35. The van der Waals surface area contributed by atoms with Gasteiger partial charge >= 0.3 is 0 Å². The van der Waals surface area contributed by atoms with Crippen molar-refractivity contribution in [3.63, 3.8) is 0 Å². The standard InChI is InChI=1S/C25H27N5O3S/c1-15-9-10-16(2)21(11-15)29-23(32)19-7-5-6-8-20(19)30-24(29)26-27-25(30)34-14-22(31)28-12-17(3)33-18(4)13-28/h5-11,17-18H,12-14H2,1-4H3. The number of para-hydroxylation sites is 1. The molecule has 2 aromatic heterocycles. The minimum atomic E-state index is -0.145. The van der Waals surface area contributed by atoms with Crippen LogP contribution < -0.4 is 5.56 Å². The van der Waals surface area contributed by atoms with Crippen LogP contribution in [0.4, 0.5) is 0 Å². The van der Waals surface area contributed by atoms with Crippen LogP contribution in [-0.2, 0) is 9.53 Å². The Morgan fingerprint density at radius 2 is 1.82 bits per heavy atom. The Labute approximate surface area is 201 Å². The number of aryl methyl sites for hydroxylation is 2. The number of thioether (sulfide) groups is 1. The molecular formula is C25H27N5O3S. The molecule has 1 aliphatic rings. The van der Waals surface area contributed by atoms with Crippen LogP contribution in [0.15, 0.2) is 52.4 Å². The predicted octanol–water partition coefficient (Wildman–Crippen LogP) is 3.38. The molecule has 0 bridgehead atoms. The molecule has 0 spiro atoms. The molecule has 1 saturated heterocycles. The van der Waals surface area contributed by atoms with Crippen molar-refractivity contribution < 1.29 is 9.53 Å². The van der Waals surface area contributed by atoms with Crippen molar-refractivity contribution in [2.24, 2.45) is 0 Å². The number of nitrogens with zero attached hydrogens (tertiary/aromatic N) is 5. The lowest BCUT2D eigenvalue weighted by Crippen LogP contribution is -2.48. The summed E-state index contributed by atoms with van der Waals surface area (Å²) in [7, 11) is 0. The van der Waals surface area contributed by atoms with Gasteiger partial charge in [0.25, 0.3) is 5.56 Å². The molecule has 4 aromatic rings. The van der Waals surface area contributed by atoms with Crippen LogP contribution in [0.5, 0.6) is 0 Å². The Balaban J connectivity index is 1.59. The van der Waals surface area contributed by atoms with Crippen molar-refractivity contribution >= 4 is 34.3 Å². The Morgan fingerprint density at radius 1 is 1.09 bits per heavy atom. The molecule has 2 atom stereocenters. The maximum absolute atomic E-state index is 13.6. The summed E-state index contributed by atoms with van der Waals surface area (Å²) in [5, 5.41) is 9.94. The van der Waals surface area contributed by atoms with Crippen molar-refractivity contribution in [2.75, 3.05) is 18.8 Å². The summed E-state index contributed by atoms with van der Waals surface area (Å²) in [6.45, 7) is 9.10. The smallest absolute Gasteiger partial charge is 0.267 e. The normalized spacial score (nSPS) is 18.6. The van der Waals surface area contributed by atoms with Gasteiger partial charge in [0.05, 0.1) is 34.6 Å². The van der Waals surface area contributed by atoms with E-state index in [-0.39, 0.29) is 29.4 Å². The highest BCUT2D eigenvalue weighted by molar-refractivity contribution is 7.99. The van der Waals surface area contributed by atoms with Crippen LogP contribution in [0, 0.1) is 13.8 Å². The lowest BCUT2D eigenvalue weighted by atomic mass is 10.1. The van der Waals surface area contributed by atoms with E-state index in [1.54, 1.807) is 4.57 Å². The molecule has 3 heterocycles. The molecule has 1 aliphatic heterocycles. The zero-order valence-electron chi connectivity index (χ0n) is 19.7. The first-order valence-electron chi connectivity index (χ1n) is 11.4. The van der Waals surface area contributed by atoms with Crippen LogP contribution >= 0.6 is 11.8 Å². The quantitative estimate of drug-likeness (QED) is 0.419. The van der Waals surface area contributed by atoms with E-state index in [1.165, 1.54) is 11.8 Å². The minimum Gasteiger partial charge on any atom is -0.372 e. The van der Waals surface area contributed by atoms with Crippen LogP contribution in [-0.4, -0.2) is 61.0 Å². The summed E-state index contributed by atoms with van der Waals surface area (Å²) in [5.74, 6) is 0.703. The van der Waals surface area contributed by atoms with Gasteiger partial charge in [-0.15, -0.1) is 10.2 Å². The Hall–Kier alpha value is -3.17. The highest BCUT2D eigenvalue weighted by atomic mass is 32.2. The van der Waals surface area contributed by atoms with Gasteiger partial charge in [0.2, 0.25) is 11.7 Å². The first kappa shape index (κ1) is 22.6. The van der Waals surface area contributed by atoms with Crippen molar-refractivity contribution in [2.45, 2.75) is 45.1 Å². The number of hydrogen-bond donors (Lipinski definition) is 0. The van der Waals surface area contributed by atoms with E-state index in [4.69, 9.17) is 4.74 Å². The van der Waals surface area contributed by atoms with Gasteiger partial charge in [-0.3, -0.25) is 14.0 Å². The van der Waals surface area contributed by atoms with Crippen LogP contribution in [0.1, 0.15) is 25.0 Å². The third-order valence-electron chi connectivity index (χ3n) is 6.10. The van der Waals surface area contributed by atoms with Gasteiger partial charge in [0.15, 0.2) is 5.16 Å². The first-order valence-corrected chi connectivity index (χ1v) is 12.3. The Bertz CT molecular complexity index is 1450. The second-order valence-corrected chi connectivity index (χ2v) is 9.85. The van der Waals surface area contributed by atoms with Crippen LogP contribution in [0.25, 0.3) is 22.4 Å². The van der Waals surface area contributed by atoms with E-state index >= 15 is 0 Å². The topological polar surface area (TPSA) is 81.7 Å². The summed E-state index contributed by atoms with van der Waals surface area (Å²) >= 11 is 1.33. The first-order chi connectivity index (χ1) is 16.3. The fourth-order valence-corrected chi connectivity index (χ4v) is 5.39. The van der Waals surface area contributed by atoms with E-state index in [0.717, 1.165) is 22.3 Å². The molecule has 2 aromatic carbocycles. The number of aromatic nitrogens is 4. The molecule has 0 radical (unpaired) electrons. The maximum atomic E-state index is 13.6. The maximum Gasteiger partial charge on any atom is 0.267 e. The van der Waals surface area contributed by atoms with Gasteiger partial charge in [0, 0.05) is 13.1 Å². The molecule has 8 nitrogen and oxygen atoms in total. The van der Waals surface area contributed by atoms with Crippen molar-refractivity contribution in [1.82, 2.24) is 24.1 Å². The van der Waals surface area contributed by atoms with E-state index in [9.17, 15) is 9.59 Å². The molecule has 2 unspecified atom stereocenters. The number of amides is 1. The van der Waals surface area contributed by atoms with Gasteiger partial charge in [-0.2, -0.15) is 0 Å². The number of fused-ring (bicyclic) bond motifs is 3. The molecule has 176 valence electrons. The van der Waals surface area contributed by atoms with Crippen LogP contribution in [0.2, 0.25) is 0 Å². The number of carbonyl (C=O) groups excluding carboxylic acids is 1. The van der Waals surface area contributed by atoms with Crippen molar-refractivity contribution in [3.8, 4) is 5.69 Å². The Morgan fingerprint density at radius 3 is 2.59 bits per heavy atom. The fourth-order valence-electron chi connectivity index (χ4n) is 4.55.